The van der Waals surface area contributed by atoms with Crippen molar-refractivity contribution in [3.8, 4) is 0 Å². The van der Waals surface area contributed by atoms with Crippen molar-refractivity contribution in [2.45, 2.75) is 57.2 Å². The molecule has 2 heterocycles. The number of aromatic nitrogens is 2. The summed E-state index contributed by atoms with van der Waals surface area (Å²) in [5, 5.41) is 3.82. The molecule has 0 N–H and O–H groups in total. The third-order valence-electron chi connectivity index (χ3n) is 7.81. The highest BCUT2D eigenvalue weighted by molar-refractivity contribution is 7.89. The van der Waals surface area contributed by atoms with Crippen LogP contribution in [0.1, 0.15) is 56.7 Å². The molecule has 1 aliphatic heterocycles. The van der Waals surface area contributed by atoms with Gasteiger partial charge in [0, 0.05) is 6.26 Å². The Balaban J connectivity index is 1.21. The Morgan fingerprint density at radius 1 is 1.08 bits per heavy atom. The number of hydrogen-bond acceptors (Lipinski definition) is 6. The van der Waals surface area contributed by atoms with Crippen molar-refractivity contribution in [2.75, 3.05) is 19.3 Å². The minimum atomic E-state index is -3.12. The molecule has 0 amide bonds. The van der Waals surface area contributed by atoms with Crippen molar-refractivity contribution in [3.05, 3.63) is 11.7 Å². The van der Waals surface area contributed by atoms with Crippen molar-refractivity contribution in [3.63, 3.8) is 0 Å². The fraction of sp³-hybridized carbons (Fsp3) is 0.895. The summed E-state index contributed by atoms with van der Waals surface area (Å²) in [5.74, 6) is 4.70. The minimum Gasteiger partial charge on any atom is -0.338 e. The molecular weight excluding hydrogens is 350 g/mol. The predicted molar refractivity (Wildman–Crippen MR) is 96.8 cm³/mol. The molecule has 0 unspecified atom stereocenters. The molecule has 1 aromatic rings. The number of piperidine rings is 1. The van der Waals surface area contributed by atoms with Gasteiger partial charge in [0.2, 0.25) is 5.89 Å². The summed E-state index contributed by atoms with van der Waals surface area (Å²) in [4.78, 5) is 6.68. The van der Waals surface area contributed by atoms with Crippen LogP contribution in [0.2, 0.25) is 0 Å². The van der Waals surface area contributed by atoms with Crippen LogP contribution in [0.3, 0.4) is 0 Å². The zero-order valence-corrected chi connectivity index (χ0v) is 16.4. The summed E-state index contributed by atoms with van der Waals surface area (Å²) in [5.41, 5.74) is 0.611. The van der Waals surface area contributed by atoms with E-state index in [2.05, 4.69) is 15.0 Å². The average Bonchev–Trinajstić information content (AvgIpc) is 2.98. The van der Waals surface area contributed by atoms with E-state index >= 15 is 0 Å². The molecule has 26 heavy (non-hydrogen) atoms. The largest absolute Gasteiger partial charge is 0.338 e. The second-order valence-corrected chi connectivity index (χ2v) is 11.6. The average molecular weight is 380 g/mol. The quantitative estimate of drug-likeness (QED) is 0.800. The van der Waals surface area contributed by atoms with E-state index in [1.165, 1.54) is 51.2 Å². The van der Waals surface area contributed by atoms with E-state index < -0.39 is 9.84 Å². The molecule has 5 fully saturated rings. The molecule has 4 aliphatic carbocycles. The standard InChI is InChI=1S/C19H29N3O3S/c1-26(23,24)12-17-20-18(25-21-17)11-22-4-2-19(3-5-22)15-7-13-6-14(9-15)10-16(19)8-13/h13-16H,2-12H2,1H3. The van der Waals surface area contributed by atoms with Gasteiger partial charge in [0.25, 0.3) is 0 Å². The zero-order chi connectivity index (χ0) is 17.9. The van der Waals surface area contributed by atoms with Crippen molar-refractivity contribution in [2.24, 2.45) is 29.1 Å². The van der Waals surface area contributed by atoms with Crippen LogP contribution in [0.5, 0.6) is 0 Å². The van der Waals surface area contributed by atoms with Crippen molar-refractivity contribution < 1.29 is 12.9 Å². The Bertz CT molecular complexity index is 750. The summed E-state index contributed by atoms with van der Waals surface area (Å²) in [7, 11) is -3.12. The Hall–Kier alpha value is -0.950. The first kappa shape index (κ1) is 17.2. The van der Waals surface area contributed by atoms with Crippen LogP contribution in [-0.4, -0.2) is 42.8 Å². The number of rotatable bonds is 4. The highest BCUT2D eigenvalue weighted by atomic mass is 32.2. The van der Waals surface area contributed by atoms with Gasteiger partial charge in [-0.25, -0.2) is 8.42 Å². The second-order valence-electron chi connectivity index (χ2n) is 9.49. The van der Waals surface area contributed by atoms with Gasteiger partial charge in [-0.1, -0.05) is 5.16 Å². The van der Waals surface area contributed by atoms with E-state index in [4.69, 9.17) is 4.52 Å². The highest BCUT2D eigenvalue weighted by Crippen LogP contribution is 2.65. The summed E-state index contributed by atoms with van der Waals surface area (Å²) in [6, 6.07) is 0. The first-order valence-electron chi connectivity index (χ1n) is 10.1. The fourth-order valence-corrected chi connectivity index (χ4v) is 7.49. The zero-order valence-electron chi connectivity index (χ0n) is 15.6. The van der Waals surface area contributed by atoms with Crippen LogP contribution in [0.25, 0.3) is 0 Å². The van der Waals surface area contributed by atoms with Crippen LogP contribution in [0, 0.1) is 29.1 Å². The molecule has 1 aromatic heterocycles. The first-order valence-corrected chi connectivity index (χ1v) is 12.2. The van der Waals surface area contributed by atoms with Gasteiger partial charge in [0.05, 0.1) is 6.54 Å². The van der Waals surface area contributed by atoms with Crippen LogP contribution in [0.4, 0.5) is 0 Å². The Morgan fingerprint density at radius 3 is 2.27 bits per heavy atom. The Kier molecular flexibility index (Phi) is 3.98. The maximum Gasteiger partial charge on any atom is 0.240 e. The first-order chi connectivity index (χ1) is 12.4. The highest BCUT2D eigenvalue weighted by Gasteiger charge is 2.57. The summed E-state index contributed by atoms with van der Waals surface area (Å²) in [6.45, 7) is 2.85. The molecule has 144 valence electrons. The smallest absolute Gasteiger partial charge is 0.240 e. The van der Waals surface area contributed by atoms with E-state index in [9.17, 15) is 8.42 Å². The lowest BCUT2D eigenvalue weighted by Crippen LogP contribution is -2.56. The summed E-state index contributed by atoms with van der Waals surface area (Å²) >= 11 is 0. The van der Waals surface area contributed by atoms with Gasteiger partial charge in [-0.05, 0) is 87.1 Å². The normalized spacial score (nSPS) is 36.0. The third kappa shape index (κ3) is 3.01. The molecule has 6 nitrogen and oxygen atoms in total. The van der Waals surface area contributed by atoms with Crippen LogP contribution < -0.4 is 0 Å². The maximum atomic E-state index is 11.4. The molecule has 5 aliphatic rings. The van der Waals surface area contributed by atoms with E-state index in [-0.39, 0.29) is 11.6 Å². The number of hydrogen-bond donors (Lipinski definition) is 0. The molecule has 6 rings (SSSR count). The second kappa shape index (κ2) is 6.03. The van der Waals surface area contributed by atoms with Gasteiger partial charge in [-0.15, -0.1) is 0 Å². The van der Waals surface area contributed by atoms with Gasteiger partial charge in [0.1, 0.15) is 5.75 Å². The van der Waals surface area contributed by atoms with Gasteiger partial charge in [0.15, 0.2) is 15.7 Å². The number of nitrogens with zero attached hydrogens (tertiary/aromatic N) is 3. The van der Waals surface area contributed by atoms with Gasteiger partial charge in [-0.2, -0.15) is 4.98 Å². The summed E-state index contributed by atoms with van der Waals surface area (Å²) in [6.07, 6.45) is 11.3. The minimum absolute atomic E-state index is 0.148. The van der Waals surface area contributed by atoms with Gasteiger partial charge in [-0.3, -0.25) is 4.90 Å². The monoisotopic (exact) mass is 379 g/mol. The molecule has 0 aromatic carbocycles. The molecule has 1 spiro atoms. The number of sulfone groups is 1. The lowest BCUT2D eigenvalue weighted by atomic mass is 9.43. The summed E-state index contributed by atoms with van der Waals surface area (Å²) < 4.78 is 28.0. The Morgan fingerprint density at radius 2 is 1.69 bits per heavy atom. The van der Waals surface area contributed by atoms with Gasteiger partial charge < -0.3 is 4.52 Å². The molecule has 7 heteroatoms. The van der Waals surface area contributed by atoms with E-state index in [1.54, 1.807) is 0 Å². The Labute approximate surface area is 155 Å². The van der Waals surface area contributed by atoms with Crippen LogP contribution in [-0.2, 0) is 22.1 Å². The van der Waals surface area contributed by atoms with Crippen LogP contribution in [0.15, 0.2) is 4.52 Å². The molecule has 4 saturated carbocycles. The fourth-order valence-electron chi connectivity index (χ4n) is 6.91. The van der Waals surface area contributed by atoms with E-state index in [0.29, 0.717) is 17.9 Å². The molecule has 4 bridgehead atoms. The molecule has 0 atom stereocenters. The predicted octanol–water partition coefficient (Wildman–Crippen LogP) is 2.65. The molecule has 0 radical (unpaired) electrons. The van der Waals surface area contributed by atoms with Crippen molar-refractivity contribution >= 4 is 9.84 Å². The van der Waals surface area contributed by atoms with E-state index in [1.807, 2.05) is 0 Å². The number of likely N-dealkylation sites (tertiary alicyclic amines) is 1. The lowest BCUT2D eigenvalue weighted by molar-refractivity contribution is -0.136. The van der Waals surface area contributed by atoms with E-state index in [0.717, 1.165) is 36.8 Å². The SMILES string of the molecule is CS(=O)(=O)Cc1noc(CN2CCC3(CC2)C2CC4CC(C2)CC3C4)n1. The maximum absolute atomic E-state index is 11.4. The van der Waals surface area contributed by atoms with Crippen LogP contribution >= 0.6 is 0 Å². The third-order valence-corrected chi connectivity index (χ3v) is 8.59. The topological polar surface area (TPSA) is 76.3 Å². The lowest BCUT2D eigenvalue weighted by Gasteiger charge is -2.63. The molecular formula is C19H29N3O3S. The van der Waals surface area contributed by atoms with Gasteiger partial charge >= 0.3 is 0 Å². The molecule has 1 saturated heterocycles. The van der Waals surface area contributed by atoms with Crippen molar-refractivity contribution in [1.82, 2.24) is 15.0 Å². The van der Waals surface area contributed by atoms with Crippen molar-refractivity contribution in [1.29, 1.82) is 0 Å².